The maximum atomic E-state index is 11.3. The van der Waals surface area contributed by atoms with Crippen molar-refractivity contribution in [2.24, 2.45) is 0 Å². The molecule has 0 aliphatic heterocycles. The Kier molecular flexibility index (Phi) is 7.19. The molecular weight excluding hydrogens is 352 g/mol. The van der Waals surface area contributed by atoms with Crippen LogP contribution in [0.15, 0.2) is 30.3 Å². The Bertz CT molecular complexity index is 801. The molecule has 0 bridgehead atoms. The van der Waals surface area contributed by atoms with Crippen molar-refractivity contribution in [1.29, 1.82) is 0 Å². The number of hydrogen-bond donors (Lipinski definition) is 0. The molecule has 0 aliphatic carbocycles. The van der Waals surface area contributed by atoms with Gasteiger partial charge < -0.3 is 23.7 Å². The second-order valence-corrected chi connectivity index (χ2v) is 5.44. The van der Waals surface area contributed by atoms with E-state index in [4.69, 9.17) is 23.7 Å². The smallest absolute Gasteiger partial charge is 0.207 e. The van der Waals surface area contributed by atoms with Gasteiger partial charge in [-0.3, -0.25) is 9.59 Å². The fraction of sp³-hybridized carbons (Fsp3) is 0.300. The van der Waals surface area contributed by atoms with Crippen LogP contribution >= 0.6 is 0 Å². The van der Waals surface area contributed by atoms with Gasteiger partial charge in [0, 0.05) is 17.7 Å². The molecule has 0 aliphatic rings. The van der Waals surface area contributed by atoms with Crippen LogP contribution < -0.4 is 18.9 Å². The Balaban J connectivity index is 2.50. The highest BCUT2D eigenvalue weighted by Crippen LogP contribution is 2.43. The van der Waals surface area contributed by atoms with Crippen LogP contribution in [0.5, 0.6) is 28.7 Å². The summed E-state index contributed by atoms with van der Waals surface area (Å²) in [6, 6.07) is 7.80. The van der Waals surface area contributed by atoms with E-state index >= 15 is 0 Å². The summed E-state index contributed by atoms with van der Waals surface area (Å²) in [5.41, 5.74) is 0.793. The predicted molar refractivity (Wildman–Crippen MR) is 98.6 cm³/mol. The normalized spacial score (nSPS) is 11.4. The van der Waals surface area contributed by atoms with Gasteiger partial charge in [0.15, 0.2) is 29.3 Å². The van der Waals surface area contributed by atoms with Gasteiger partial charge in [0.2, 0.25) is 5.75 Å². The molecule has 2 aromatic carbocycles. The topological polar surface area (TPSA) is 80.3 Å². The number of hydrogen-bond acceptors (Lipinski definition) is 7. The van der Waals surface area contributed by atoms with Crippen molar-refractivity contribution in [2.45, 2.75) is 20.1 Å². The highest BCUT2D eigenvalue weighted by Gasteiger charge is 2.19. The van der Waals surface area contributed by atoms with Crippen molar-refractivity contribution in [2.75, 3.05) is 20.8 Å². The van der Waals surface area contributed by atoms with Crippen LogP contribution in [0, 0.1) is 0 Å². The van der Waals surface area contributed by atoms with Gasteiger partial charge in [-0.05, 0) is 44.2 Å². The van der Waals surface area contributed by atoms with Crippen LogP contribution in [0.25, 0.3) is 0 Å². The van der Waals surface area contributed by atoms with E-state index in [-0.39, 0.29) is 11.5 Å². The summed E-state index contributed by atoms with van der Waals surface area (Å²) < 4.78 is 27.8. The van der Waals surface area contributed by atoms with Crippen LogP contribution in [0.3, 0.4) is 0 Å². The summed E-state index contributed by atoms with van der Waals surface area (Å²) in [5, 5.41) is 0. The molecule has 0 aromatic heterocycles. The first-order valence-corrected chi connectivity index (χ1v) is 8.32. The van der Waals surface area contributed by atoms with Crippen molar-refractivity contribution in [3.05, 3.63) is 41.5 Å². The van der Waals surface area contributed by atoms with Crippen LogP contribution in [0.2, 0.25) is 0 Å². The lowest BCUT2D eigenvalue weighted by atomic mass is 10.2. The lowest BCUT2D eigenvalue weighted by Gasteiger charge is -2.20. The minimum absolute atomic E-state index is 0.250. The van der Waals surface area contributed by atoms with Crippen molar-refractivity contribution in [1.82, 2.24) is 0 Å². The summed E-state index contributed by atoms with van der Waals surface area (Å²) in [6.07, 6.45) is 0.825. The highest BCUT2D eigenvalue weighted by molar-refractivity contribution is 5.79. The molecule has 27 heavy (non-hydrogen) atoms. The van der Waals surface area contributed by atoms with E-state index in [2.05, 4.69) is 0 Å². The third-order valence-electron chi connectivity index (χ3n) is 3.63. The van der Waals surface area contributed by atoms with Crippen molar-refractivity contribution in [3.63, 3.8) is 0 Å². The van der Waals surface area contributed by atoms with Gasteiger partial charge in [0.05, 0.1) is 14.2 Å². The molecule has 0 amide bonds. The van der Waals surface area contributed by atoms with E-state index in [1.165, 1.54) is 20.3 Å². The average Bonchev–Trinajstić information content (AvgIpc) is 2.69. The van der Waals surface area contributed by atoms with Gasteiger partial charge in [-0.25, -0.2) is 0 Å². The third-order valence-corrected chi connectivity index (χ3v) is 3.63. The van der Waals surface area contributed by atoms with E-state index in [9.17, 15) is 9.59 Å². The molecule has 1 atom stereocenters. The SMILES string of the molecule is CCOC(C)Oc1c(OC)cc(C=O)cc1Oc1ccc(C=O)cc1OC. The molecule has 0 N–H and O–H groups in total. The minimum Gasteiger partial charge on any atom is -0.493 e. The predicted octanol–water partition coefficient (Wildman–Crippen LogP) is 3.88. The maximum absolute atomic E-state index is 11.3. The van der Waals surface area contributed by atoms with E-state index in [0.717, 1.165) is 0 Å². The van der Waals surface area contributed by atoms with E-state index in [1.54, 1.807) is 31.2 Å². The molecule has 2 rings (SSSR count). The number of aldehydes is 2. The van der Waals surface area contributed by atoms with Gasteiger partial charge in [0.25, 0.3) is 0 Å². The molecular formula is C20H22O7. The first kappa shape index (κ1) is 20.3. The summed E-state index contributed by atoms with van der Waals surface area (Å²) in [6.45, 7) is 4.05. The Hall–Kier alpha value is -3.06. The lowest BCUT2D eigenvalue weighted by Crippen LogP contribution is -2.17. The average molecular weight is 374 g/mol. The highest BCUT2D eigenvalue weighted by atomic mass is 16.7. The minimum atomic E-state index is -0.562. The maximum Gasteiger partial charge on any atom is 0.207 e. The summed E-state index contributed by atoms with van der Waals surface area (Å²) in [4.78, 5) is 22.2. The van der Waals surface area contributed by atoms with Crippen molar-refractivity contribution in [3.8, 4) is 28.7 Å². The monoisotopic (exact) mass is 374 g/mol. The third kappa shape index (κ3) is 4.98. The van der Waals surface area contributed by atoms with Gasteiger partial charge in [-0.2, -0.15) is 0 Å². The zero-order chi connectivity index (χ0) is 19.8. The molecule has 144 valence electrons. The zero-order valence-corrected chi connectivity index (χ0v) is 15.7. The Morgan fingerprint density at radius 2 is 1.52 bits per heavy atom. The van der Waals surface area contributed by atoms with E-state index in [0.29, 0.717) is 47.6 Å². The zero-order valence-electron chi connectivity index (χ0n) is 15.7. The van der Waals surface area contributed by atoms with E-state index in [1.807, 2.05) is 6.92 Å². The van der Waals surface area contributed by atoms with Gasteiger partial charge in [0.1, 0.15) is 12.6 Å². The molecule has 1 unspecified atom stereocenters. The summed E-state index contributed by atoms with van der Waals surface area (Å²) in [5.74, 6) is 1.57. The van der Waals surface area contributed by atoms with Gasteiger partial charge in [-0.1, -0.05) is 0 Å². The number of ether oxygens (including phenoxy) is 5. The lowest BCUT2D eigenvalue weighted by molar-refractivity contribution is -0.0632. The Morgan fingerprint density at radius 1 is 0.889 bits per heavy atom. The van der Waals surface area contributed by atoms with Gasteiger partial charge >= 0.3 is 0 Å². The number of benzene rings is 2. The van der Waals surface area contributed by atoms with Crippen LogP contribution in [-0.2, 0) is 4.74 Å². The van der Waals surface area contributed by atoms with Crippen LogP contribution in [0.4, 0.5) is 0 Å². The molecule has 0 saturated heterocycles. The second kappa shape index (κ2) is 9.59. The molecule has 7 nitrogen and oxygen atoms in total. The molecule has 0 saturated carbocycles. The summed E-state index contributed by atoms with van der Waals surface area (Å²) >= 11 is 0. The second-order valence-electron chi connectivity index (χ2n) is 5.44. The number of carbonyl (C=O) groups is 2. The summed E-state index contributed by atoms with van der Waals surface area (Å²) in [7, 11) is 2.93. The molecule has 0 fully saturated rings. The van der Waals surface area contributed by atoms with Crippen LogP contribution in [0.1, 0.15) is 34.6 Å². The molecule has 0 radical (unpaired) electrons. The first-order valence-electron chi connectivity index (χ1n) is 8.32. The molecule has 0 heterocycles. The standard InChI is InChI=1S/C20H22O7/c1-5-25-13(2)26-20-18(24-4)9-15(12-22)10-19(20)27-16-7-6-14(11-21)8-17(16)23-3/h6-13H,5H2,1-4H3. The van der Waals surface area contributed by atoms with E-state index < -0.39 is 6.29 Å². The molecule has 0 spiro atoms. The Labute approximate surface area is 157 Å². The number of rotatable bonds is 10. The van der Waals surface area contributed by atoms with Crippen LogP contribution in [-0.4, -0.2) is 39.7 Å². The Morgan fingerprint density at radius 3 is 2.11 bits per heavy atom. The fourth-order valence-corrected chi connectivity index (χ4v) is 2.40. The first-order chi connectivity index (χ1) is 13.1. The van der Waals surface area contributed by atoms with Crippen molar-refractivity contribution >= 4 is 12.6 Å². The fourth-order valence-electron chi connectivity index (χ4n) is 2.40. The van der Waals surface area contributed by atoms with Gasteiger partial charge in [-0.15, -0.1) is 0 Å². The number of methoxy groups -OCH3 is 2. The number of carbonyl (C=O) groups excluding carboxylic acids is 2. The quantitative estimate of drug-likeness (QED) is 0.461. The molecule has 7 heteroatoms. The largest absolute Gasteiger partial charge is 0.493 e. The van der Waals surface area contributed by atoms with Crippen molar-refractivity contribution < 1.29 is 33.3 Å². The molecule has 2 aromatic rings.